The van der Waals surface area contributed by atoms with Crippen molar-refractivity contribution in [3.05, 3.63) is 56.4 Å². The number of furan rings is 1. The lowest BCUT2D eigenvalue weighted by molar-refractivity contribution is 0.188. The van der Waals surface area contributed by atoms with Crippen molar-refractivity contribution >= 4 is 31.9 Å². The fourth-order valence-electron chi connectivity index (χ4n) is 1.49. The van der Waals surface area contributed by atoms with Gasteiger partial charge in [-0.1, -0.05) is 28.1 Å². The van der Waals surface area contributed by atoms with E-state index < -0.39 is 6.10 Å². The van der Waals surface area contributed by atoms with Gasteiger partial charge in [0.2, 0.25) is 0 Å². The predicted octanol–water partition coefficient (Wildman–Crippen LogP) is 4.19. The van der Waals surface area contributed by atoms with Crippen LogP contribution in [0.4, 0.5) is 0 Å². The van der Waals surface area contributed by atoms with Crippen LogP contribution in [0.25, 0.3) is 0 Å². The SMILES string of the molecule is Cc1cc(C(O)c2occc2Br)ccc1Br. The number of aliphatic hydroxyl groups is 1. The van der Waals surface area contributed by atoms with Gasteiger partial charge in [-0.15, -0.1) is 0 Å². The maximum absolute atomic E-state index is 10.1. The molecule has 0 aliphatic carbocycles. The van der Waals surface area contributed by atoms with Gasteiger partial charge in [0.05, 0.1) is 10.7 Å². The summed E-state index contributed by atoms with van der Waals surface area (Å²) in [7, 11) is 0. The van der Waals surface area contributed by atoms with Crippen LogP contribution in [0.3, 0.4) is 0 Å². The average Bonchev–Trinajstić information content (AvgIpc) is 2.67. The topological polar surface area (TPSA) is 33.4 Å². The zero-order valence-electron chi connectivity index (χ0n) is 8.58. The lowest BCUT2D eigenvalue weighted by Gasteiger charge is -2.10. The van der Waals surface area contributed by atoms with Gasteiger partial charge >= 0.3 is 0 Å². The van der Waals surface area contributed by atoms with Crippen LogP contribution >= 0.6 is 31.9 Å². The average molecular weight is 346 g/mol. The van der Waals surface area contributed by atoms with Crippen LogP contribution in [0.2, 0.25) is 0 Å². The lowest BCUT2D eigenvalue weighted by atomic mass is 10.1. The molecule has 84 valence electrons. The van der Waals surface area contributed by atoms with Gasteiger partial charge in [0.15, 0.2) is 5.76 Å². The summed E-state index contributed by atoms with van der Waals surface area (Å²) in [5, 5.41) is 10.1. The van der Waals surface area contributed by atoms with Gasteiger partial charge in [0.1, 0.15) is 6.10 Å². The monoisotopic (exact) mass is 344 g/mol. The van der Waals surface area contributed by atoms with Crippen molar-refractivity contribution in [2.24, 2.45) is 0 Å². The number of rotatable bonds is 2. The van der Waals surface area contributed by atoms with E-state index in [0.29, 0.717) is 5.76 Å². The van der Waals surface area contributed by atoms with E-state index in [9.17, 15) is 5.11 Å². The van der Waals surface area contributed by atoms with Crippen LogP contribution in [0.15, 0.2) is 43.9 Å². The van der Waals surface area contributed by atoms with Gasteiger partial charge in [0, 0.05) is 4.47 Å². The molecule has 16 heavy (non-hydrogen) atoms. The Kier molecular flexibility index (Phi) is 3.52. The number of benzene rings is 1. The molecule has 2 aromatic rings. The summed E-state index contributed by atoms with van der Waals surface area (Å²) in [4.78, 5) is 0. The van der Waals surface area contributed by atoms with Crippen molar-refractivity contribution in [3.8, 4) is 0 Å². The summed E-state index contributed by atoms with van der Waals surface area (Å²) in [5.41, 5.74) is 1.90. The molecule has 0 aliphatic heterocycles. The van der Waals surface area contributed by atoms with Gasteiger partial charge < -0.3 is 9.52 Å². The van der Waals surface area contributed by atoms with Crippen LogP contribution in [0.5, 0.6) is 0 Å². The molecule has 4 heteroatoms. The molecule has 0 amide bonds. The Morgan fingerprint density at radius 2 is 1.94 bits per heavy atom. The zero-order chi connectivity index (χ0) is 11.7. The number of halogens is 2. The van der Waals surface area contributed by atoms with E-state index in [0.717, 1.165) is 20.1 Å². The first-order chi connectivity index (χ1) is 7.59. The van der Waals surface area contributed by atoms with Crippen molar-refractivity contribution in [1.82, 2.24) is 0 Å². The van der Waals surface area contributed by atoms with Crippen molar-refractivity contribution in [2.45, 2.75) is 13.0 Å². The minimum Gasteiger partial charge on any atom is -0.465 e. The molecule has 2 nitrogen and oxygen atoms in total. The van der Waals surface area contributed by atoms with E-state index in [4.69, 9.17) is 4.42 Å². The molecule has 1 aromatic carbocycles. The van der Waals surface area contributed by atoms with E-state index in [2.05, 4.69) is 31.9 Å². The van der Waals surface area contributed by atoms with E-state index in [1.165, 1.54) is 0 Å². The highest BCUT2D eigenvalue weighted by atomic mass is 79.9. The highest BCUT2D eigenvalue weighted by molar-refractivity contribution is 9.10. The van der Waals surface area contributed by atoms with Gasteiger partial charge in [-0.05, 0) is 46.1 Å². The second-order valence-electron chi connectivity index (χ2n) is 3.54. The molecule has 1 atom stereocenters. The molecule has 0 saturated heterocycles. The Hall–Kier alpha value is -0.580. The van der Waals surface area contributed by atoms with Crippen LogP contribution in [0, 0.1) is 6.92 Å². The maximum atomic E-state index is 10.1. The predicted molar refractivity (Wildman–Crippen MR) is 69.3 cm³/mol. The van der Waals surface area contributed by atoms with Crippen molar-refractivity contribution in [3.63, 3.8) is 0 Å². The Bertz CT molecular complexity index is 505. The summed E-state index contributed by atoms with van der Waals surface area (Å²) >= 11 is 6.76. The van der Waals surface area contributed by atoms with Crippen molar-refractivity contribution < 1.29 is 9.52 Å². The third kappa shape index (κ3) is 2.24. The van der Waals surface area contributed by atoms with Gasteiger partial charge in [-0.3, -0.25) is 0 Å². The molecule has 0 radical (unpaired) electrons. The standard InChI is InChI=1S/C12H10Br2O2/c1-7-6-8(2-3-9(7)13)11(15)12-10(14)4-5-16-12/h2-6,11,15H,1H3. The number of hydrogen-bond acceptors (Lipinski definition) is 2. The molecule has 0 fully saturated rings. The quantitative estimate of drug-likeness (QED) is 0.885. The number of hydrogen-bond donors (Lipinski definition) is 1. The smallest absolute Gasteiger partial charge is 0.150 e. The van der Waals surface area contributed by atoms with E-state index in [-0.39, 0.29) is 0 Å². The first-order valence-electron chi connectivity index (χ1n) is 4.76. The Morgan fingerprint density at radius 3 is 2.50 bits per heavy atom. The molecule has 0 aliphatic rings. The molecule has 1 heterocycles. The molecule has 0 spiro atoms. The minimum absolute atomic E-state index is 0.529. The molecular weight excluding hydrogens is 336 g/mol. The van der Waals surface area contributed by atoms with Crippen LogP contribution in [0.1, 0.15) is 23.0 Å². The number of aliphatic hydroxyl groups excluding tert-OH is 1. The Labute approximate surface area is 111 Å². The summed E-state index contributed by atoms with van der Waals surface area (Å²) in [6.45, 7) is 1.98. The van der Waals surface area contributed by atoms with E-state index >= 15 is 0 Å². The number of aryl methyl sites for hydroxylation is 1. The van der Waals surface area contributed by atoms with Gasteiger partial charge in [0.25, 0.3) is 0 Å². The largest absolute Gasteiger partial charge is 0.465 e. The molecule has 1 N–H and O–H groups in total. The highest BCUT2D eigenvalue weighted by Gasteiger charge is 2.17. The first kappa shape index (κ1) is 11.9. The lowest BCUT2D eigenvalue weighted by Crippen LogP contribution is -1.99. The second-order valence-corrected chi connectivity index (χ2v) is 5.25. The Morgan fingerprint density at radius 1 is 1.19 bits per heavy atom. The molecular formula is C12H10Br2O2. The van der Waals surface area contributed by atoms with Crippen molar-refractivity contribution in [1.29, 1.82) is 0 Å². The molecule has 1 aromatic heterocycles. The highest BCUT2D eigenvalue weighted by Crippen LogP contribution is 2.30. The molecule has 2 rings (SSSR count). The zero-order valence-corrected chi connectivity index (χ0v) is 11.7. The first-order valence-corrected chi connectivity index (χ1v) is 6.35. The summed E-state index contributed by atoms with van der Waals surface area (Å²) in [5.74, 6) is 0.529. The molecule has 0 saturated carbocycles. The third-order valence-corrected chi connectivity index (χ3v) is 3.94. The fourth-order valence-corrected chi connectivity index (χ4v) is 2.15. The third-order valence-electron chi connectivity index (χ3n) is 2.39. The van der Waals surface area contributed by atoms with Crippen LogP contribution in [-0.4, -0.2) is 5.11 Å². The van der Waals surface area contributed by atoms with Gasteiger partial charge in [-0.25, -0.2) is 0 Å². The van der Waals surface area contributed by atoms with Gasteiger partial charge in [-0.2, -0.15) is 0 Å². The van der Waals surface area contributed by atoms with Crippen LogP contribution < -0.4 is 0 Å². The fraction of sp³-hybridized carbons (Fsp3) is 0.167. The summed E-state index contributed by atoms with van der Waals surface area (Å²) in [6, 6.07) is 7.50. The van der Waals surface area contributed by atoms with E-state index in [1.807, 2.05) is 25.1 Å². The van der Waals surface area contributed by atoms with E-state index in [1.54, 1.807) is 12.3 Å². The molecule has 0 bridgehead atoms. The van der Waals surface area contributed by atoms with Crippen LogP contribution in [-0.2, 0) is 0 Å². The normalized spacial score (nSPS) is 12.8. The Balaban J connectivity index is 2.38. The molecule has 1 unspecified atom stereocenters. The summed E-state index contributed by atoms with van der Waals surface area (Å²) in [6.07, 6.45) is 0.810. The second kappa shape index (κ2) is 4.73. The minimum atomic E-state index is -0.740. The summed E-state index contributed by atoms with van der Waals surface area (Å²) < 4.78 is 7.05. The van der Waals surface area contributed by atoms with Crippen molar-refractivity contribution in [2.75, 3.05) is 0 Å². The maximum Gasteiger partial charge on any atom is 0.150 e.